The lowest BCUT2D eigenvalue weighted by Gasteiger charge is -2.14. The molecule has 0 spiro atoms. The molecule has 1 aliphatic carbocycles. The molecule has 1 heterocycles. The molecule has 3 nitrogen and oxygen atoms in total. The van der Waals surface area contributed by atoms with Crippen LogP contribution in [0, 0.1) is 24.2 Å². The van der Waals surface area contributed by atoms with E-state index >= 15 is 0 Å². The van der Waals surface area contributed by atoms with Crippen LogP contribution < -0.4 is 0 Å². The van der Waals surface area contributed by atoms with Crippen molar-refractivity contribution in [3.63, 3.8) is 0 Å². The molecule has 0 radical (unpaired) electrons. The van der Waals surface area contributed by atoms with Gasteiger partial charge in [0, 0.05) is 13.0 Å². The van der Waals surface area contributed by atoms with Crippen LogP contribution in [0.4, 0.5) is 0 Å². The van der Waals surface area contributed by atoms with Crippen LogP contribution in [0.1, 0.15) is 19.3 Å². The topological polar surface area (TPSA) is 37.4 Å². The molecule has 0 N–H and O–H groups in total. The number of fused-ring (bicyclic) bond motifs is 1. The Kier molecular flexibility index (Phi) is 2.59. The van der Waals surface area contributed by atoms with Gasteiger partial charge in [-0.05, 0) is 12.8 Å². The molecule has 2 atom stereocenters. The third-order valence-corrected chi connectivity index (χ3v) is 3.08. The lowest BCUT2D eigenvalue weighted by molar-refractivity contribution is -0.139. The molecule has 0 aromatic carbocycles. The molecular weight excluding hydrogens is 190 g/mol. The van der Waals surface area contributed by atoms with Gasteiger partial charge < -0.3 is 0 Å². The van der Waals surface area contributed by atoms with Gasteiger partial charge in [-0.1, -0.05) is 12.2 Å². The maximum atomic E-state index is 11.9. The number of allylic oxidation sites excluding steroid dienone is 2. The zero-order valence-electron chi connectivity index (χ0n) is 8.48. The number of likely N-dealkylation sites (tertiary alicyclic amines) is 1. The zero-order chi connectivity index (χ0) is 10.8. The van der Waals surface area contributed by atoms with Crippen molar-refractivity contribution in [2.75, 3.05) is 6.54 Å². The Hall–Kier alpha value is -1.56. The quantitative estimate of drug-likeness (QED) is 0.381. The first-order valence-electron chi connectivity index (χ1n) is 5.19. The molecule has 0 aromatic heterocycles. The number of nitrogens with zero attached hydrogens (tertiary/aromatic N) is 1. The van der Waals surface area contributed by atoms with Gasteiger partial charge in [-0.25, -0.2) is 0 Å². The van der Waals surface area contributed by atoms with Gasteiger partial charge in [-0.2, -0.15) is 0 Å². The van der Waals surface area contributed by atoms with Crippen LogP contribution in [-0.4, -0.2) is 23.3 Å². The molecule has 1 fully saturated rings. The molecule has 1 aliphatic heterocycles. The fraction of sp³-hybridized carbons (Fsp3) is 0.500. The Morgan fingerprint density at radius 1 is 1.27 bits per heavy atom. The van der Waals surface area contributed by atoms with Crippen LogP contribution in [0.3, 0.4) is 0 Å². The van der Waals surface area contributed by atoms with E-state index in [0.29, 0.717) is 25.8 Å². The highest BCUT2D eigenvalue weighted by Gasteiger charge is 2.46. The third-order valence-electron chi connectivity index (χ3n) is 3.08. The van der Waals surface area contributed by atoms with E-state index in [2.05, 4.69) is 5.92 Å². The highest BCUT2D eigenvalue weighted by atomic mass is 16.2. The number of amides is 2. The van der Waals surface area contributed by atoms with Crippen molar-refractivity contribution in [1.82, 2.24) is 4.90 Å². The molecule has 0 unspecified atom stereocenters. The van der Waals surface area contributed by atoms with Gasteiger partial charge in [0.2, 0.25) is 11.8 Å². The SMILES string of the molecule is C#CCCN1C(=O)[C@H]2CC=CC[C@H]2C1=O. The Morgan fingerprint density at radius 2 is 1.80 bits per heavy atom. The molecule has 0 aromatic rings. The van der Waals surface area contributed by atoms with Crippen LogP contribution in [0.25, 0.3) is 0 Å². The number of terminal acetylenes is 1. The number of hydrogen-bond acceptors (Lipinski definition) is 2. The van der Waals surface area contributed by atoms with Crippen molar-refractivity contribution in [2.24, 2.45) is 11.8 Å². The summed E-state index contributed by atoms with van der Waals surface area (Å²) < 4.78 is 0. The van der Waals surface area contributed by atoms with Gasteiger partial charge in [0.25, 0.3) is 0 Å². The van der Waals surface area contributed by atoms with Gasteiger partial charge in [0.15, 0.2) is 0 Å². The average Bonchev–Trinajstić information content (AvgIpc) is 2.51. The van der Waals surface area contributed by atoms with E-state index in [-0.39, 0.29) is 23.7 Å². The predicted molar refractivity (Wildman–Crippen MR) is 55.5 cm³/mol. The fourth-order valence-electron chi connectivity index (χ4n) is 2.27. The maximum Gasteiger partial charge on any atom is 0.233 e. The monoisotopic (exact) mass is 203 g/mol. The Morgan fingerprint density at radius 3 is 2.27 bits per heavy atom. The summed E-state index contributed by atoms with van der Waals surface area (Å²) >= 11 is 0. The minimum absolute atomic E-state index is 0.0374. The van der Waals surface area contributed by atoms with E-state index in [0.717, 1.165) is 0 Å². The van der Waals surface area contributed by atoms with E-state index in [4.69, 9.17) is 6.42 Å². The molecule has 2 rings (SSSR count). The average molecular weight is 203 g/mol. The van der Waals surface area contributed by atoms with E-state index in [1.807, 2.05) is 12.2 Å². The summed E-state index contributed by atoms with van der Waals surface area (Å²) in [6, 6.07) is 0. The second-order valence-electron chi connectivity index (χ2n) is 3.94. The first-order valence-corrected chi connectivity index (χ1v) is 5.19. The van der Waals surface area contributed by atoms with Crippen molar-refractivity contribution in [3.8, 4) is 12.3 Å². The molecule has 2 aliphatic rings. The summed E-state index contributed by atoms with van der Waals surface area (Å²) in [6.45, 7) is 0.376. The lowest BCUT2D eigenvalue weighted by atomic mass is 9.85. The number of carbonyl (C=O) groups is 2. The van der Waals surface area contributed by atoms with Gasteiger partial charge in [0.05, 0.1) is 11.8 Å². The van der Waals surface area contributed by atoms with E-state index in [1.54, 1.807) is 0 Å². The van der Waals surface area contributed by atoms with Crippen LogP contribution in [0.15, 0.2) is 12.2 Å². The fourth-order valence-corrected chi connectivity index (χ4v) is 2.27. The molecule has 1 saturated heterocycles. The normalized spacial score (nSPS) is 29.1. The van der Waals surface area contributed by atoms with Crippen LogP contribution in [0.2, 0.25) is 0 Å². The number of hydrogen-bond donors (Lipinski definition) is 0. The van der Waals surface area contributed by atoms with Crippen LogP contribution in [-0.2, 0) is 9.59 Å². The number of carbonyl (C=O) groups excluding carboxylic acids is 2. The molecule has 0 saturated carbocycles. The summed E-state index contributed by atoms with van der Waals surface area (Å²) in [5.41, 5.74) is 0. The smallest absolute Gasteiger partial charge is 0.233 e. The highest BCUT2D eigenvalue weighted by molar-refractivity contribution is 6.05. The lowest BCUT2D eigenvalue weighted by Crippen LogP contribution is -2.31. The molecule has 15 heavy (non-hydrogen) atoms. The number of rotatable bonds is 2. The summed E-state index contributed by atoms with van der Waals surface area (Å²) in [5, 5.41) is 0. The number of imide groups is 1. The van der Waals surface area contributed by atoms with Crippen LogP contribution >= 0.6 is 0 Å². The summed E-state index contributed by atoms with van der Waals surface area (Å²) in [5.74, 6) is 2.13. The molecule has 2 amide bonds. The molecule has 0 bridgehead atoms. The minimum atomic E-state index is -0.125. The van der Waals surface area contributed by atoms with Crippen molar-refractivity contribution in [2.45, 2.75) is 19.3 Å². The van der Waals surface area contributed by atoms with Gasteiger partial charge in [-0.3, -0.25) is 14.5 Å². The maximum absolute atomic E-state index is 11.9. The Balaban J connectivity index is 2.14. The standard InChI is InChI=1S/C12H13NO2/c1-2-3-8-13-11(14)9-6-4-5-7-10(9)12(13)15/h1,4-5,9-10H,3,6-8H2/t9-,10+. The summed E-state index contributed by atoms with van der Waals surface area (Å²) in [4.78, 5) is 25.1. The predicted octanol–water partition coefficient (Wildman–Crippen LogP) is 0.961. The van der Waals surface area contributed by atoms with Gasteiger partial charge in [-0.15, -0.1) is 12.3 Å². The largest absolute Gasteiger partial charge is 0.281 e. The van der Waals surface area contributed by atoms with Gasteiger partial charge >= 0.3 is 0 Å². The van der Waals surface area contributed by atoms with Crippen molar-refractivity contribution < 1.29 is 9.59 Å². The summed E-state index contributed by atoms with van der Waals surface area (Å²) in [6.07, 6.45) is 10.9. The van der Waals surface area contributed by atoms with E-state index in [1.165, 1.54) is 4.90 Å². The van der Waals surface area contributed by atoms with Crippen molar-refractivity contribution in [3.05, 3.63) is 12.2 Å². The highest BCUT2D eigenvalue weighted by Crippen LogP contribution is 2.34. The Bertz CT molecular complexity index is 338. The van der Waals surface area contributed by atoms with Crippen molar-refractivity contribution in [1.29, 1.82) is 0 Å². The second-order valence-corrected chi connectivity index (χ2v) is 3.94. The molecule has 78 valence electrons. The van der Waals surface area contributed by atoms with Crippen molar-refractivity contribution >= 4 is 11.8 Å². The first-order chi connectivity index (χ1) is 7.25. The zero-order valence-corrected chi connectivity index (χ0v) is 8.48. The van der Waals surface area contributed by atoms with E-state index < -0.39 is 0 Å². The van der Waals surface area contributed by atoms with Crippen LogP contribution in [0.5, 0.6) is 0 Å². The van der Waals surface area contributed by atoms with Gasteiger partial charge in [0.1, 0.15) is 0 Å². The Labute approximate surface area is 89.1 Å². The third kappa shape index (κ3) is 1.56. The summed E-state index contributed by atoms with van der Waals surface area (Å²) in [7, 11) is 0. The molecular formula is C12H13NO2. The van der Waals surface area contributed by atoms with E-state index in [9.17, 15) is 9.59 Å². The molecule has 3 heteroatoms. The first kappa shape index (κ1) is 9.97. The minimum Gasteiger partial charge on any atom is -0.281 e. The second kappa shape index (κ2) is 3.90.